The van der Waals surface area contributed by atoms with Gasteiger partial charge in [-0.05, 0) is 32.9 Å². The first-order valence-corrected chi connectivity index (χ1v) is 8.55. The number of fused-ring (bicyclic) bond motifs is 1. The van der Waals surface area contributed by atoms with Crippen LogP contribution in [0.25, 0.3) is 11.0 Å². The second-order valence-corrected chi connectivity index (χ2v) is 7.23. The van der Waals surface area contributed by atoms with Crippen LogP contribution in [0.15, 0.2) is 39.5 Å². The molecule has 0 aliphatic carbocycles. The Labute approximate surface area is 151 Å². The molecule has 0 radical (unpaired) electrons. The number of nitrogens with zero attached hydrogens (tertiary/aromatic N) is 2. The number of carbonyl (C=O) groups excluding carboxylic acids is 2. The fourth-order valence-corrected chi connectivity index (χ4v) is 2.78. The summed E-state index contributed by atoms with van der Waals surface area (Å²) in [5, 5.41) is 0.443. The summed E-state index contributed by atoms with van der Waals surface area (Å²) in [5.41, 5.74) is -0.420. The first-order chi connectivity index (χ1) is 12.2. The van der Waals surface area contributed by atoms with Crippen LogP contribution in [-0.4, -0.2) is 53.6 Å². The Balaban J connectivity index is 1.69. The molecule has 7 heteroatoms. The summed E-state index contributed by atoms with van der Waals surface area (Å²) in [5.74, 6) is -0.337. The van der Waals surface area contributed by atoms with Crippen molar-refractivity contribution in [3.63, 3.8) is 0 Å². The van der Waals surface area contributed by atoms with Crippen molar-refractivity contribution in [3.8, 4) is 0 Å². The van der Waals surface area contributed by atoms with Crippen molar-refractivity contribution in [2.45, 2.75) is 26.4 Å². The molecule has 3 rings (SSSR count). The van der Waals surface area contributed by atoms with Crippen molar-refractivity contribution < 1.29 is 18.7 Å². The minimum atomic E-state index is -0.557. The predicted molar refractivity (Wildman–Crippen MR) is 96.2 cm³/mol. The Morgan fingerprint density at radius 2 is 1.65 bits per heavy atom. The highest BCUT2D eigenvalue weighted by molar-refractivity contribution is 5.93. The summed E-state index contributed by atoms with van der Waals surface area (Å²) in [6.45, 7) is 6.89. The molecule has 0 bridgehead atoms. The lowest BCUT2D eigenvalue weighted by molar-refractivity contribution is 0.0137. The van der Waals surface area contributed by atoms with Crippen LogP contribution in [0.3, 0.4) is 0 Å². The van der Waals surface area contributed by atoms with Gasteiger partial charge in [-0.1, -0.05) is 12.1 Å². The van der Waals surface area contributed by atoms with Gasteiger partial charge in [-0.3, -0.25) is 9.59 Å². The molecule has 2 heterocycles. The van der Waals surface area contributed by atoms with E-state index >= 15 is 0 Å². The smallest absolute Gasteiger partial charge is 0.410 e. The zero-order chi connectivity index (χ0) is 18.9. The third-order valence-electron chi connectivity index (χ3n) is 4.06. The highest BCUT2D eigenvalue weighted by Crippen LogP contribution is 2.16. The van der Waals surface area contributed by atoms with Gasteiger partial charge in [-0.15, -0.1) is 0 Å². The third-order valence-corrected chi connectivity index (χ3v) is 4.06. The minimum Gasteiger partial charge on any atom is -0.451 e. The Kier molecular flexibility index (Phi) is 4.71. The highest BCUT2D eigenvalue weighted by Gasteiger charge is 2.29. The predicted octanol–water partition coefficient (Wildman–Crippen LogP) is 2.49. The van der Waals surface area contributed by atoms with Crippen molar-refractivity contribution in [2.75, 3.05) is 26.2 Å². The van der Waals surface area contributed by atoms with E-state index < -0.39 is 5.60 Å². The van der Waals surface area contributed by atoms with Gasteiger partial charge < -0.3 is 19.0 Å². The molecule has 7 nitrogen and oxygen atoms in total. The zero-order valence-corrected chi connectivity index (χ0v) is 15.2. The molecule has 1 aromatic heterocycles. The van der Waals surface area contributed by atoms with Crippen molar-refractivity contribution >= 4 is 23.0 Å². The van der Waals surface area contributed by atoms with E-state index in [0.29, 0.717) is 37.1 Å². The summed E-state index contributed by atoms with van der Waals surface area (Å²) in [6, 6.07) is 8.05. The van der Waals surface area contributed by atoms with Gasteiger partial charge >= 0.3 is 6.09 Å². The average Bonchev–Trinajstić information content (AvgIpc) is 2.60. The van der Waals surface area contributed by atoms with Crippen LogP contribution in [0.2, 0.25) is 0 Å². The molecule has 138 valence electrons. The fraction of sp³-hybridized carbons (Fsp3) is 0.421. The van der Waals surface area contributed by atoms with Gasteiger partial charge in [-0.25, -0.2) is 4.79 Å². The SMILES string of the molecule is CC(C)(C)OC(=O)N1CCN(C(=O)c2cc(=O)c3ccccc3o2)CC1. The van der Waals surface area contributed by atoms with Crippen molar-refractivity contribution in [1.29, 1.82) is 0 Å². The maximum absolute atomic E-state index is 12.7. The molecule has 1 aliphatic rings. The van der Waals surface area contributed by atoms with Crippen LogP contribution < -0.4 is 5.43 Å². The number of piperazine rings is 1. The van der Waals surface area contributed by atoms with Crippen LogP contribution in [0.1, 0.15) is 31.3 Å². The van der Waals surface area contributed by atoms with E-state index in [1.54, 1.807) is 34.1 Å². The van der Waals surface area contributed by atoms with Crippen molar-refractivity contribution in [1.82, 2.24) is 9.80 Å². The summed E-state index contributed by atoms with van der Waals surface area (Å²) in [6.07, 6.45) is -0.387. The third kappa shape index (κ3) is 3.87. The summed E-state index contributed by atoms with van der Waals surface area (Å²) in [7, 11) is 0. The number of para-hydroxylation sites is 1. The number of carbonyl (C=O) groups is 2. The first kappa shape index (κ1) is 18.0. The Bertz CT molecular complexity index is 889. The average molecular weight is 358 g/mol. The van der Waals surface area contributed by atoms with Gasteiger partial charge in [0.1, 0.15) is 11.2 Å². The fourth-order valence-electron chi connectivity index (χ4n) is 2.78. The summed E-state index contributed by atoms with van der Waals surface area (Å²) >= 11 is 0. The molecule has 1 aromatic carbocycles. The first-order valence-electron chi connectivity index (χ1n) is 8.55. The van der Waals surface area contributed by atoms with E-state index in [9.17, 15) is 14.4 Å². The van der Waals surface area contributed by atoms with Gasteiger partial charge in [-0.2, -0.15) is 0 Å². The normalized spacial score (nSPS) is 15.2. The zero-order valence-electron chi connectivity index (χ0n) is 15.2. The number of ether oxygens (including phenoxy) is 1. The van der Waals surface area contributed by atoms with Gasteiger partial charge in [0.05, 0.1) is 5.39 Å². The Hall–Kier alpha value is -2.83. The topological polar surface area (TPSA) is 80.1 Å². The molecule has 1 aliphatic heterocycles. The van der Waals surface area contributed by atoms with Crippen LogP contribution >= 0.6 is 0 Å². The summed E-state index contributed by atoms with van der Waals surface area (Å²) < 4.78 is 10.9. The van der Waals surface area contributed by atoms with Crippen LogP contribution in [0.4, 0.5) is 4.79 Å². The lowest BCUT2D eigenvalue weighted by atomic mass is 10.2. The van der Waals surface area contributed by atoms with Gasteiger partial charge in [0.2, 0.25) is 0 Å². The molecule has 2 aromatic rings. The van der Waals surface area contributed by atoms with E-state index in [2.05, 4.69) is 0 Å². The van der Waals surface area contributed by atoms with E-state index in [1.165, 1.54) is 6.07 Å². The van der Waals surface area contributed by atoms with Crippen molar-refractivity contribution in [2.24, 2.45) is 0 Å². The molecule has 0 atom stereocenters. The standard InChI is InChI=1S/C19H22N2O5/c1-19(2,3)26-18(24)21-10-8-20(9-11-21)17(23)16-12-14(22)13-6-4-5-7-15(13)25-16/h4-7,12H,8-11H2,1-3H3. The van der Waals surface area contributed by atoms with Crippen LogP contribution in [0, 0.1) is 0 Å². The van der Waals surface area contributed by atoms with Crippen LogP contribution in [0.5, 0.6) is 0 Å². The van der Waals surface area contributed by atoms with E-state index in [4.69, 9.17) is 9.15 Å². The monoisotopic (exact) mass is 358 g/mol. The molecule has 0 spiro atoms. The number of amides is 2. The second-order valence-electron chi connectivity index (χ2n) is 7.23. The van der Waals surface area contributed by atoms with Gasteiger partial charge in [0.15, 0.2) is 11.2 Å². The van der Waals surface area contributed by atoms with E-state index in [1.807, 2.05) is 20.8 Å². The number of hydrogen-bond donors (Lipinski definition) is 0. The molecule has 0 saturated carbocycles. The van der Waals surface area contributed by atoms with Gasteiger partial charge in [0, 0.05) is 32.2 Å². The molecule has 0 N–H and O–H groups in total. The second kappa shape index (κ2) is 6.82. The molecule has 0 unspecified atom stereocenters. The lowest BCUT2D eigenvalue weighted by Gasteiger charge is -2.35. The Morgan fingerprint density at radius 3 is 2.31 bits per heavy atom. The largest absolute Gasteiger partial charge is 0.451 e. The number of benzene rings is 1. The summed E-state index contributed by atoms with van der Waals surface area (Å²) in [4.78, 5) is 40.1. The molecular formula is C19H22N2O5. The number of hydrogen-bond acceptors (Lipinski definition) is 5. The van der Waals surface area contributed by atoms with Gasteiger partial charge in [0.25, 0.3) is 5.91 Å². The number of rotatable bonds is 1. The van der Waals surface area contributed by atoms with Crippen molar-refractivity contribution in [3.05, 3.63) is 46.3 Å². The minimum absolute atomic E-state index is 0.0134. The van der Waals surface area contributed by atoms with E-state index in [0.717, 1.165) is 0 Å². The lowest BCUT2D eigenvalue weighted by Crippen LogP contribution is -2.51. The highest BCUT2D eigenvalue weighted by atomic mass is 16.6. The maximum Gasteiger partial charge on any atom is 0.410 e. The molecule has 1 fully saturated rings. The molecule has 1 saturated heterocycles. The molecule has 26 heavy (non-hydrogen) atoms. The van der Waals surface area contributed by atoms with E-state index in [-0.39, 0.29) is 23.2 Å². The van der Waals surface area contributed by atoms with Crippen LogP contribution in [-0.2, 0) is 4.74 Å². The molecular weight excluding hydrogens is 336 g/mol. The quantitative estimate of drug-likeness (QED) is 0.782. The Morgan fingerprint density at radius 1 is 1.04 bits per heavy atom. The maximum atomic E-state index is 12.7. The molecule has 2 amide bonds.